The van der Waals surface area contributed by atoms with Gasteiger partial charge in [-0.05, 0) is 42.4 Å². The third-order valence-corrected chi connectivity index (χ3v) is 4.25. The molecule has 0 heterocycles. The number of rotatable bonds is 6. The number of hydrogen-bond acceptors (Lipinski definition) is 2. The summed E-state index contributed by atoms with van der Waals surface area (Å²) >= 11 is 5.78. The predicted molar refractivity (Wildman–Crippen MR) is 76.0 cm³/mol. The van der Waals surface area contributed by atoms with E-state index in [1.54, 1.807) is 24.3 Å². The summed E-state index contributed by atoms with van der Waals surface area (Å²) in [4.78, 5) is 11.8. The summed E-state index contributed by atoms with van der Waals surface area (Å²) in [6.07, 6.45) is 2.83. The largest absolute Gasteiger partial charge is 0.388 e. The lowest BCUT2D eigenvalue weighted by molar-refractivity contribution is -0.123. The fourth-order valence-electron chi connectivity index (χ4n) is 2.17. The number of aliphatic hydroxyl groups is 1. The Hall–Kier alpha value is -1.06. The minimum atomic E-state index is -0.769. The molecular weight excluding hydrogens is 262 g/mol. The number of halogens is 1. The lowest BCUT2D eigenvalue weighted by Crippen LogP contribution is -2.30. The smallest absolute Gasteiger partial charge is 0.222 e. The van der Waals surface area contributed by atoms with E-state index in [4.69, 9.17) is 11.6 Å². The third-order valence-electron chi connectivity index (χ3n) is 4.00. The summed E-state index contributed by atoms with van der Waals surface area (Å²) in [5.41, 5.74) is 1.05. The molecule has 2 rings (SSSR count). The van der Waals surface area contributed by atoms with E-state index < -0.39 is 6.10 Å². The van der Waals surface area contributed by atoms with Crippen LogP contribution in [0, 0.1) is 5.41 Å². The number of amides is 1. The van der Waals surface area contributed by atoms with Gasteiger partial charge in [-0.1, -0.05) is 30.7 Å². The van der Waals surface area contributed by atoms with E-state index in [1.165, 1.54) is 12.8 Å². The van der Waals surface area contributed by atoms with Crippen LogP contribution in [0.15, 0.2) is 24.3 Å². The average molecular weight is 282 g/mol. The molecule has 1 amide bonds. The minimum Gasteiger partial charge on any atom is -0.388 e. The Morgan fingerprint density at radius 2 is 2.05 bits per heavy atom. The second-order valence-corrected chi connectivity index (χ2v) is 5.84. The van der Waals surface area contributed by atoms with Crippen molar-refractivity contribution in [2.45, 2.75) is 38.7 Å². The molecule has 1 saturated carbocycles. The molecule has 0 radical (unpaired) electrons. The molecule has 2 N–H and O–H groups in total. The first-order valence-electron chi connectivity index (χ1n) is 6.75. The van der Waals surface area contributed by atoms with Crippen LogP contribution in [0.5, 0.6) is 0 Å². The molecule has 1 aliphatic rings. The molecule has 0 spiro atoms. The number of carbonyl (C=O) groups excluding carboxylic acids is 1. The van der Waals surface area contributed by atoms with Gasteiger partial charge in [0.25, 0.3) is 0 Å². The zero-order valence-corrected chi connectivity index (χ0v) is 11.9. The van der Waals surface area contributed by atoms with Crippen LogP contribution in [0.4, 0.5) is 0 Å². The van der Waals surface area contributed by atoms with E-state index >= 15 is 0 Å². The lowest BCUT2D eigenvalue weighted by Gasteiger charge is -2.15. The second-order valence-electron chi connectivity index (χ2n) is 5.40. The molecule has 1 aliphatic carbocycles. The highest BCUT2D eigenvalue weighted by atomic mass is 35.5. The summed E-state index contributed by atoms with van der Waals surface area (Å²) in [5, 5.41) is 13.5. The van der Waals surface area contributed by atoms with Gasteiger partial charge in [-0.2, -0.15) is 0 Å². The minimum absolute atomic E-state index is 0.0952. The summed E-state index contributed by atoms with van der Waals surface area (Å²) in [6, 6.07) is 6.92. The van der Waals surface area contributed by atoms with E-state index in [1.807, 2.05) is 0 Å². The highest BCUT2D eigenvalue weighted by Gasteiger charge is 2.40. The second kappa shape index (κ2) is 5.93. The Balaban J connectivity index is 1.80. The zero-order chi connectivity index (χ0) is 13.9. The van der Waals surface area contributed by atoms with Gasteiger partial charge >= 0.3 is 0 Å². The van der Waals surface area contributed by atoms with E-state index in [2.05, 4.69) is 12.2 Å². The number of nitrogens with one attached hydrogen (secondary N) is 1. The molecule has 19 heavy (non-hydrogen) atoms. The fraction of sp³-hybridized carbons (Fsp3) is 0.533. The standard InChI is InChI=1S/C15H20ClNO2/c1-2-15(7-8-15)10-17-14(19)9-13(18)11-3-5-12(16)6-4-11/h3-6,13,18H,2,7-10H2,1H3,(H,17,19). The normalized spacial score (nSPS) is 17.8. The van der Waals surface area contributed by atoms with Gasteiger partial charge in [0.1, 0.15) is 0 Å². The first-order chi connectivity index (χ1) is 9.04. The quantitative estimate of drug-likeness (QED) is 0.842. The van der Waals surface area contributed by atoms with Crippen LogP contribution in [0.1, 0.15) is 44.3 Å². The van der Waals surface area contributed by atoms with Crippen LogP contribution in [0.3, 0.4) is 0 Å². The molecular formula is C15H20ClNO2. The van der Waals surface area contributed by atoms with Gasteiger partial charge < -0.3 is 10.4 Å². The van der Waals surface area contributed by atoms with Crippen LogP contribution >= 0.6 is 11.6 Å². The number of carbonyl (C=O) groups is 1. The van der Waals surface area contributed by atoms with Crippen molar-refractivity contribution in [3.63, 3.8) is 0 Å². The summed E-state index contributed by atoms with van der Waals surface area (Å²) in [7, 11) is 0. The van der Waals surface area contributed by atoms with Crippen LogP contribution in [-0.2, 0) is 4.79 Å². The predicted octanol–water partition coefficient (Wildman–Crippen LogP) is 3.07. The van der Waals surface area contributed by atoms with Crippen molar-refractivity contribution in [2.75, 3.05) is 6.54 Å². The Kier molecular flexibility index (Phi) is 4.48. The molecule has 1 atom stereocenters. The molecule has 4 heteroatoms. The highest BCUT2D eigenvalue weighted by Crippen LogP contribution is 2.47. The van der Waals surface area contributed by atoms with E-state index in [0.29, 0.717) is 10.4 Å². The molecule has 0 bridgehead atoms. The van der Waals surface area contributed by atoms with Crippen molar-refractivity contribution < 1.29 is 9.90 Å². The first kappa shape index (κ1) is 14.4. The van der Waals surface area contributed by atoms with E-state index in [-0.39, 0.29) is 12.3 Å². The van der Waals surface area contributed by atoms with Crippen LogP contribution < -0.4 is 5.32 Å². The summed E-state index contributed by atoms with van der Waals surface area (Å²) in [6.45, 7) is 2.89. The Bertz CT molecular complexity index is 440. The van der Waals surface area contributed by atoms with Crippen molar-refractivity contribution >= 4 is 17.5 Å². The van der Waals surface area contributed by atoms with Gasteiger partial charge in [-0.15, -0.1) is 0 Å². The van der Waals surface area contributed by atoms with Crippen LogP contribution in [0.25, 0.3) is 0 Å². The number of hydrogen-bond donors (Lipinski definition) is 2. The van der Waals surface area contributed by atoms with Crippen molar-refractivity contribution in [3.05, 3.63) is 34.9 Å². The van der Waals surface area contributed by atoms with Gasteiger partial charge in [0.2, 0.25) is 5.91 Å². The summed E-state index contributed by atoms with van der Waals surface area (Å²) in [5.74, 6) is -0.0952. The fourth-order valence-corrected chi connectivity index (χ4v) is 2.29. The van der Waals surface area contributed by atoms with Crippen molar-refractivity contribution in [1.82, 2.24) is 5.32 Å². The molecule has 1 aromatic rings. The highest BCUT2D eigenvalue weighted by molar-refractivity contribution is 6.30. The van der Waals surface area contributed by atoms with Crippen molar-refractivity contribution in [1.29, 1.82) is 0 Å². The molecule has 1 aromatic carbocycles. The molecule has 0 saturated heterocycles. The van der Waals surface area contributed by atoms with E-state index in [0.717, 1.165) is 18.5 Å². The average Bonchev–Trinajstić information content (AvgIpc) is 3.18. The lowest BCUT2D eigenvalue weighted by atomic mass is 10.0. The molecule has 1 fully saturated rings. The molecule has 1 unspecified atom stereocenters. The maximum atomic E-state index is 11.8. The zero-order valence-electron chi connectivity index (χ0n) is 11.2. The van der Waals surface area contributed by atoms with Gasteiger partial charge in [-0.3, -0.25) is 4.79 Å². The van der Waals surface area contributed by atoms with E-state index in [9.17, 15) is 9.90 Å². The van der Waals surface area contributed by atoms with Crippen LogP contribution in [-0.4, -0.2) is 17.6 Å². The Morgan fingerprint density at radius 3 is 2.58 bits per heavy atom. The Morgan fingerprint density at radius 1 is 1.42 bits per heavy atom. The molecule has 3 nitrogen and oxygen atoms in total. The molecule has 0 aromatic heterocycles. The topological polar surface area (TPSA) is 49.3 Å². The van der Waals surface area contributed by atoms with Gasteiger partial charge in [0.15, 0.2) is 0 Å². The van der Waals surface area contributed by atoms with Crippen molar-refractivity contribution in [2.24, 2.45) is 5.41 Å². The van der Waals surface area contributed by atoms with Crippen molar-refractivity contribution in [3.8, 4) is 0 Å². The maximum absolute atomic E-state index is 11.8. The SMILES string of the molecule is CCC1(CNC(=O)CC(O)c2ccc(Cl)cc2)CC1. The number of benzene rings is 1. The van der Waals surface area contributed by atoms with Gasteiger partial charge in [-0.25, -0.2) is 0 Å². The summed E-state index contributed by atoms with van der Waals surface area (Å²) < 4.78 is 0. The van der Waals surface area contributed by atoms with Crippen LogP contribution in [0.2, 0.25) is 5.02 Å². The number of aliphatic hydroxyl groups excluding tert-OH is 1. The van der Waals surface area contributed by atoms with Gasteiger partial charge in [0, 0.05) is 11.6 Å². The van der Waals surface area contributed by atoms with Gasteiger partial charge in [0.05, 0.1) is 12.5 Å². The molecule has 104 valence electrons. The maximum Gasteiger partial charge on any atom is 0.222 e. The monoisotopic (exact) mass is 281 g/mol. The Labute approximate surface area is 119 Å². The molecule has 0 aliphatic heterocycles. The first-order valence-corrected chi connectivity index (χ1v) is 7.13. The third kappa shape index (κ3) is 3.95.